The van der Waals surface area contributed by atoms with Crippen molar-refractivity contribution < 1.29 is 24.4 Å². The number of fused-ring (bicyclic) bond motifs is 1. The van der Waals surface area contributed by atoms with Gasteiger partial charge >= 0.3 is 0 Å². The van der Waals surface area contributed by atoms with Crippen LogP contribution in [0.15, 0.2) is 0 Å². The molecule has 0 aliphatic carbocycles. The lowest BCUT2D eigenvalue weighted by Gasteiger charge is -2.24. The van der Waals surface area contributed by atoms with Gasteiger partial charge in [-0.05, 0) is 20.8 Å². The molecule has 4 atom stereocenters. The summed E-state index contributed by atoms with van der Waals surface area (Å²) in [6, 6.07) is 0. The highest BCUT2D eigenvalue weighted by atomic mass is 16.9. The lowest BCUT2D eigenvalue weighted by atomic mass is 10.1. The van der Waals surface area contributed by atoms with Gasteiger partial charge in [0.25, 0.3) is 0 Å². The van der Waals surface area contributed by atoms with Gasteiger partial charge in [-0.2, -0.15) is 0 Å². The summed E-state index contributed by atoms with van der Waals surface area (Å²) < 4.78 is 16.5. The van der Waals surface area contributed by atoms with Gasteiger partial charge in [-0.15, -0.1) is 0 Å². The molecule has 0 aromatic carbocycles. The minimum absolute atomic E-state index is 0.236. The van der Waals surface area contributed by atoms with E-state index in [4.69, 9.17) is 19.3 Å². The molecule has 0 saturated carbocycles. The van der Waals surface area contributed by atoms with Crippen LogP contribution < -0.4 is 0 Å². The molecule has 2 aliphatic rings. The number of ether oxygens (including phenoxy) is 3. The summed E-state index contributed by atoms with van der Waals surface area (Å²) in [4.78, 5) is 0. The van der Waals surface area contributed by atoms with Gasteiger partial charge in [-0.25, -0.2) is 0 Å². The third-order valence-electron chi connectivity index (χ3n) is 2.63. The molecule has 0 bridgehead atoms. The molecule has 82 valence electrons. The second-order valence-electron chi connectivity index (χ2n) is 4.39. The highest BCUT2D eigenvalue weighted by molar-refractivity contribution is 4.99. The van der Waals surface area contributed by atoms with Gasteiger partial charge in [-0.3, -0.25) is 0 Å². The van der Waals surface area contributed by atoms with Crippen LogP contribution in [0.4, 0.5) is 0 Å². The van der Waals surface area contributed by atoms with Gasteiger partial charge in [0, 0.05) is 0 Å². The van der Waals surface area contributed by atoms with Gasteiger partial charge in [-0.1, -0.05) is 0 Å². The molecule has 2 heterocycles. The van der Waals surface area contributed by atoms with Crippen molar-refractivity contribution in [2.45, 2.75) is 50.7 Å². The Balaban J connectivity index is 2.20. The Morgan fingerprint density at radius 1 is 1.21 bits per heavy atom. The topological polar surface area (TPSA) is 68.2 Å². The highest BCUT2D eigenvalue weighted by Gasteiger charge is 2.61. The first-order chi connectivity index (χ1) is 6.38. The van der Waals surface area contributed by atoms with E-state index in [2.05, 4.69) is 0 Å². The average Bonchev–Trinajstić information content (AvgIpc) is 2.41. The first-order valence-corrected chi connectivity index (χ1v) is 4.73. The van der Waals surface area contributed by atoms with Crippen molar-refractivity contribution in [3.05, 3.63) is 0 Å². The quantitative estimate of drug-likeness (QED) is 0.608. The second-order valence-corrected chi connectivity index (χ2v) is 4.39. The number of rotatable bonds is 1. The molecule has 2 unspecified atom stereocenters. The largest absolute Gasteiger partial charge is 0.394 e. The Labute approximate surface area is 82.6 Å². The normalized spacial score (nSPS) is 50.8. The molecular weight excluding hydrogens is 188 g/mol. The van der Waals surface area contributed by atoms with E-state index < -0.39 is 29.9 Å². The van der Waals surface area contributed by atoms with Crippen molar-refractivity contribution in [2.75, 3.05) is 6.61 Å². The van der Waals surface area contributed by atoms with E-state index in [1.165, 1.54) is 0 Å². The lowest BCUT2D eigenvalue weighted by molar-refractivity contribution is -0.258. The van der Waals surface area contributed by atoms with Gasteiger partial charge < -0.3 is 24.4 Å². The van der Waals surface area contributed by atoms with Gasteiger partial charge in [0.2, 0.25) is 0 Å². The maximum atomic E-state index is 9.77. The number of aliphatic hydroxyl groups excluding tert-OH is 2. The molecule has 2 aliphatic heterocycles. The number of aliphatic hydroxyl groups is 2. The van der Waals surface area contributed by atoms with Crippen LogP contribution in [0.25, 0.3) is 0 Å². The van der Waals surface area contributed by atoms with Crippen LogP contribution in [-0.2, 0) is 14.2 Å². The van der Waals surface area contributed by atoms with Crippen molar-refractivity contribution >= 4 is 0 Å². The van der Waals surface area contributed by atoms with Crippen molar-refractivity contribution in [1.29, 1.82) is 0 Å². The smallest absolute Gasteiger partial charge is 0.198 e. The molecule has 0 radical (unpaired) electrons. The summed E-state index contributed by atoms with van der Waals surface area (Å²) >= 11 is 0. The molecule has 2 saturated heterocycles. The zero-order chi connectivity index (χ0) is 10.6. The maximum Gasteiger partial charge on any atom is 0.198 e. The second kappa shape index (κ2) is 2.90. The maximum absolute atomic E-state index is 9.77. The summed E-state index contributed by atoms with van der Waals surface area (Å²) in [5.41, 5.74) is 0. The van der Waals surface area contributed by atoms with Crippen LogP contribution in [0.5, 0.6) is 0 Å². The summed E-state index contributed by atoms with van der Waals surface area (Å²) in [7, 11) is 0. The lowest BCUT2D eigenvalue weighted by Crippen LogP contribution is -2.37. The van der Waals surface area contributed by atoms with Crippen LogP contribution in [0, 0.1) is 0 Å². The molecule has 5 nitrogen and oxygen atoms in total. The van der Waals surface area contributed by atoms with Crippen molar-refractivity contribution in [2.24, 2.45) is 0 Å². The van der Waals surface area contributed by atoms with Gasteiger partial charge in [0.05, 0.1) is 6.61 Å². The summed E-state index contributed by atoms with van der Waals surface area (Å²) in [5.74, 6) is -1.70. The molecule has 0 aromatic heterocycles. The fourth-order valence-electron chi connectivity index (χ4n) is 2.16. The summed E-state index contributed by atoms with van der Waals surface area (Å²) in [6.45, 7) is 5.01. The first kappa shape index (κ1) is 10.3. The fourth-order valence-corrected chi connectivity index (χ4v) is 2.16. The molecule has 0 aromatic rings. The van der Waals surface area contributed by atoms with Crippen LogP contribution in [0.2, 0.25) is 0 Å². The van der Waals surface area contributed by atoms with Crippen molar-refractivity contribution in [1.82, 2.24) is 0 Å². The standard InChI is InChI=1S/C9H16O5/c1-8(2)13-7-6(11)5(4-10)12-9(7,3)14-8/h5-7,10-11H,4H2,1-3H3/t5?,6?,7-,9-/m1/s1. The summed E-state index contributed by atoms with van der Waals surface area (Å²) in [6.07, 6.45) is -2.00. The SMILES string of the molecule is CC1(C)O[C@@H]2C(O)C(CO)O[C@]2(C)O1. The number of hydrogen-bond acceptors (Lipinski definition) is 5. The molecule has 0 amide bonds. The Morgan fingerprint density at radius 3 is 2.36 bits per heavy atom. The van der Waals surface area contributed by atoms with E-state index in [-0.39, 0.29) is 6.61 Å². The summed E-state index contributed by atoms with van der Waals surface area (Å²) in [5, 5.41) is 18.7. The Bertz CT molecular complexity index is 241. The molecule has 14 heavy (non-hydrogen) atoms. The minimum Gasteiger partial charge on any atom is -0.394 e. The van der Waals surface area contributed by atoms with Crippen LogP contribution >= 0.6 is 0 Å². The van der Waals surface area contributed by atoms with Gasteiger partial charge in [0.15, 0.2) is 11.6 Å². The monoisotopic (exact) mass is 204 g/mol. The third-order valence-corrected chi connectivity index (χ3v) is 2.63. The Hall–Kier alpha value is -0.200. The van der Waals surface area contributed by atoms with E-state index in [0.717, 1.165) is 0 Å². The van der Waals surface area contributed by atoms with E-state index in [1.807, 2.05) is 0 Å². The van der Waals surface area contributed by atoms with Crippen LogP contribution in [-0.4, -0.2) is 46.7 Å². The Morgan fingerprint density at radius 2 is 1.86 bits per heavy atom. The molecule has 2 rings (SSSR count). The molecular formula is C9H16O5. The van der Waals surface area contributed by atoms with Crippen molar-refractivity contribution in [3.8, 4) is 0 Å². The van der Waals surface area contributed by atoms with E-state index in [9.17, 15) is 5.11 Å². The van der Waals surface area contributed by atoms with Crippen LogP contribution in [0.1, 0.15) is 20.8 Å². The molecule has 0 spiro atoms. The van der Waals surface area contributed by atoms with E-state index in [1.54, 1.807) is 20.8 Å². The van der Waals surface area contributed by atoms with Crippen LogP contribution in [0.3, 0.4) is 0 Å². The zero-order valence-electron chi connectivity index (χ0n) is 8.56. The minimum atomic E-state index is -0.948. The molecule has 2 fully saturated rings. The highest BCUT2D eigenvalue weighted by Crippen LogP contribution is 2.44. The number of hydrogen-bond donors (Lipinski definition) is 2. The predicted molar refractivity (Wildman–Crippen MR) is 46.4 cm³/mol. The first-order valence-electron chi connectivity index (χ1n) is 4.73. The molecule has 5 heteroatoms. The van der Waals surface area contributed by atoms with E-state index in [0.29, 0.717) is 0 Å². The Kier molecular flexibility index (Phi) is 2.14. The van der Waals surface area contributed by atoms with Gasteiger partial charge in [0.1, 0.15) is 18.3 Å². The zero-order valence-corrected chi connectivity index (χ0v) is 8.56. The fraction of sp³-hybridized carbons (Fsp3) is 1.00. The predicted octanol–water partition coefficient (Wildman–Crippen LogP) is -0.394. The average molecular weight is 204 g/mol. The molecule has 2 N–H and O–H groups in total. The van der Waals surface area contributed by atoms with Crippen molar-refractivity contribution in [3.63, 3.8) is 0 Å². The van der Waals surface area contributed by atoms with E-state index >= 15 is 0 Å². The third kappa shape index (κ3) is 1.36.